The fraction of sp³-hybridized carbons (Fsp3) is 0.481. The van der Waals surface area contributed by atoms with E-state index in [9.17, 15) is 14.7 Å². The van der Waals surface area contributed by atoms with E-state index < -0.39 is 0 Å². The minimum Gasteiger partial charge on any atom is -0.465 e. The molecule has 1 amide bonds. The molecule has 0 radical (unpaired) electrons. The summed E-state index contributed by atoms with van der Waals surface area (Å²) in [4.78, 5) is 26.0. The molecule has 0 spiro atoms. The molecule has 1 saturated heterocycles. The number of likely N-dealkylation sites (tertiary alicyclic amines) is 1. The molecule has 2 aromatic rings. The normalized spacial score (nSPS) is 17.9. The van der Waals surface area contributed by atoms with Crippen molar-refractivity contribution in [3.8, 4) is 0 Å². The molecule has 1 fully saturated rings. The SMILES string of the molecule is COC(=O)c1ccc(CCN2C(=O)CC[C@@H]2CC[C@@H](O)[C@@H](C)CCc2ccccc2)cc1. The molecule has 5 heteroatoms. The van der Waals surface area contributed by atoms with Gasteiger partial charge in [0.25, 0.3) is 0 Å². The van der Waals surface area contributed by atoms with E-state index in [-0.39, 0.29) is 29.9 Å². The third kappa shape index (κ3) is 6.67. The molecule has 5 nitrogen and oxygen atoms in total. The Morgan fingerprint density at radius 1 is 1.06 bits per heavy atom. The molecule has 0 saturated carbocycles. The third-order valence-electron chi connectivity index (χ3n) is 6.65. The van der Waals surface area contributed by atoms with Crippen molar-refractivity contribution in [1.82, 2.24) is 4.90 Å². The summed E-state index contributed by atoms with van der Waals surface area (Å²) in [5.74, 6) is 0.0878. The van der Waals surface area contributed by atoms with Gasteiger partial charge in [0, 0.05) is 19.0 Å². The highest BCUT2D eigenvalue weighted by Gasteiger charge is 2.31. The number of esters is 1. The van der Waals surface area contributed by atoms with E-state index in [0.29, 0.717) is 18.5 Å². The molecule has 1 aliphatic rings. The van der Waals surface area contributed by atoms with Crippen LogP contribution in [0.4, 0.5) is 0 Å². The Morgan fingerprint density at radius 3 is 2.44 bits per heavy atom. The smallest absolute Gasteiger partial charge is 0.337 e. The van der Waals surface area contributed by atoms with Gasteiger partial charge in [-0.05, 0) is 67.7 Å². The van der Waals surface area contributed by atoms with Gasteiger partial charge >= 0.3 is 5.97 Å². The zero-order chi connectivity index (χ0) is 22.9. The Labute approximate surface area is 191 Å². The number of carbonyl (C=O) groups is 2. The Morgan fingerprint density at radius 2 is 1.75 bits per heavy atom. The number of hydrogen-bond acceptors (Lipinski definition) is 4. The lowest BCUT2D eigenvalue weighted by Crippen LogP contribution is -2.35. The summed E-state index contributed by atoms with van der Waals surface area (Å²) >= 11 is 0. The Kier molecular flexibility index (Phi) is 8.86. The Hall–Kier alpha value is -2.66. The van der Waals surface area contributed by atoms with Gasteiger partial charge in [-0.3, -0.25) is 4.79 Å². The minimum atomic E-state index is -0.345. The van der Waals surface area contributed by atoms with Crippen LogP contribution in [0, 0.1) is 5.92 Å². The first-order chi connectivity index (χ1) is 15.5. The summed E-state index contributed by atoms with van der Waals surface area (Å²) in [6.07, 6.45) is 5.35. The van der Waals surface area contributed by atoms with Crippen LogP contribution in [0.1, 0.15) is 60.5 Å². The molecule has 172 valence electrons. The van der Waals surface area contributed by atoms with Crippen molar-refractivity contribution in [3.63, 3.8) is 0 Å². The number of amides is 1. The molecule has 3 atom stereocenters. The van der Waals surface area contributed by atoms with Gasteiger partial charge < -0.3 is 14.7 Å². The average molecular weight is 438 g/mol. The first kappa shape index (κ1) is 24.0. The quantitative estimate of drug-likeness (QED) is 0.529. The van der Waals surface area contributed by atoms with Gasteiger partial charge in [-0.25, -0.2) is 4.79 Å². The monoisotopic (exact) mass is 437 g/mol. The number of aliphatic hydroxyl groups excluding tert-OH is 1. The number of hydrogen-bond donors (Lipinski definition) is 1. The van der Waals surface area contributed by atoms with E-state index in [0.717, 1.165) is 44.1 Å². The Balaban J connectivity index is 1.45. The zero-order valence-electron chi connectivity index (χ0n) is 19.2. The van der Waals surface area contributed by atoms with Crippen LogP contribution in [0.5, 0.6) is 0 Å². The second-order valence-electron chi connectivity index (χ2n) is 8.86. The molecule has 1 aliphatic heterocycles. The molecule has 2 aromatic carbocycles. The maximum absolute atomic E-state index is 12.4. The lowest BCUT2D eigenvalue weighted by atomic mass is 9.92. The number of rotatable bonds is 11. The minimum absolute atomic E-state index is 0.202. The van der Waals surface area contributed by atoms with Gasteiger partial charge in [0.05, 0.1) is 18.8 Å². The van der Waals surface area contributed by atoms with Gasteiger partial charge in [0.1, 0.15) is 0 Å². The summed E-state index contributed by atoms with van der Waals surface area (Å²) < 4.78 is 4.73. The number of methoxy groups -OCH3 is 1. The number of carbonyl (C=O) groups excluding carboxylic acids is 2. The molecule has 0 bridgehead atoms. The van der Waals surface area contributed by atoms with Crippen molar-refractivity contribution >= 4 is 11.9 Å². The number of nitrogens with zero attached hydrogens (tertiary/aromatic N) is 1. The van der Waals surface area contributed by atoms with E-state index in [1.54, 1.807) is 12.1 Å². The van der Waals surface area contributed by atoms with Crippen LogP contribution in [0.2, 0.25) is 0 Å². The summed E-state index contributed by atoms with van der Waals surface area (Å²) in [7, 11) is 1.37. The number of aliphatic hydroxyl groups is 1. The van der Waals surface area contributed by atoms with E-state index in [2.05, 4.69) is 31.2 Å². The third-order valence-corrected chi connectivity index (χ3v) is 6.65. The summed E-state index contributed by atoms with van der Waals surface area (Å²) in [6, 6.07) is 17.9. The fourth-order valence-corrected chi connectivity index (χ4v) is 4.45. The summed E-state index contributed by atoms with van der Waals surface area (Å²) in [5.41, 5.74) is 2.92. The summed E-state index contributed by atoms with van der Waals surface area (Å²) in [5, 5.41) is 10.7. The van der Waals surface area contributed by atoms with Crippen molar-refractivity contribution in [2.45, 2.75) is 64.0 Å². The molecule has 1 N–H and O–H groups in total. The highest BCUT2D eigenvalue weighted by Crippen LogP contribution is 2.26. The van der Waals surface area contributed by atoms with Gasteiger partial charge in [0.2, 0.25) is 5.91 Å². The van der Waals surface area contributed by atoms with Crippen LogP contribution >= 0.6 is 0 Å². The molecular formula is C27H35NO4. The predicted molar refractivity (Wildman–Crippen MR) is 125 cm³/mol. The summed E-state index contributed by atoms with van der Waals surface area (Å²) in [6.45, 7) is 2.78. The molecule has 3 rings (SSSR count). The molecule has 0 unspecified atom stereocenters. The highest BCUT2D eigenvalue weighted by atomic mass is 16.5. The number of aryl methyl sites for hydroxylation is 1. The lowest BCUT2D eigenvalue weighted by molar-refractivity contribution is -0.129. The van der Waals surface area contributed by atoms with Gasteiger partial charge in [-0.15, -0.1) is 0 Å². The molecule has 0 aliphatic carbocycles. The van der Waals surface area contributed by atoms with Crippen LogP contribution in [0.25, 0.3) is 0 Å². The maximum Gasteiger partial charge on any atom is 0.337 e. The zero-order valence-corrected chi connectivity index (χ0v) is 19.2. The van der Waals surface area contributed by atoms with Crippen LogP contribution in [0.15, 0.2) is 54.6 Å². The second kappa shape index (κ2) is 11.8. The van der Waals surface area contributed by atoms with E-state index in [4.69, 9.17) is 4.74 Å². The van der Waals surface area contributed by atoms with E-state index in [1.165, 1.54) is 12.7 Å². The fourth-order valence-electron chi connectivity index (χ4n) is 4.45. The first-order valence-corrected chi connectivity index (χ1v) is 11.7. The maximum atomic E-state index is 12.4. The van der Waals surface area contributed by atoms with E-state index in [1.807, 2.05) is 23.1 Å². The van der Waals surface area contributed by atoms with Crippen molar-refractivity contribution in [1.29, 1.82) is 0 Å². The largest absolute Gasteiger partial charge is 0.465 e. The van der Waals surface area contributed by atoms with Crippen LogP contribution in [-0.2, 0) is 22.4 Å². The molecule has 0 aromatic heterocycles. The predicted octanol–water partition coefficient (Wildman–Crippen LogP) is 4.42. The van der Waals surface area contributed by atoms with Crippen molar-refractivity contribution in [3.05, 3.63) is 71.3 Å². The van der Waals surface area contributed by atoms with E-state index >= 15 is 0 Å². The van der Waals surface area contributed by atoms with Crippen LogP contribution < -0.4 is 0 Å². The highest BCUT2D eigenvalue weighted by molar-refractivity contribution is 5.89. The lowest BCUT2D eigenvalue weighted by Gasteiger charge is -2.27. The van der Waals surface area contributed by atoms with Gasteiger partial charge in [0.15, 0.2) is 0 Å². The average Bonchev–Trinajstić information content (AvgIpc) is 3.19. The van der Waals surface area contributed by atoms with Crippen molar-refractivity contribution in [2.75, 3.05) is 13.7 Å². The first-order valence-electron chi connectivity index (χ1n) is 11.7. The topological polar surface area (TPSA) is 66.8 Å². The van der Waals surface area contributed by atoms with Crippen LogP contribution in [-0.4, -0.2) is 47.7 Å². The Bertz CT molecular complexity index is 865. The van der Waals surface area contributed by atoms with Gasteiger partial charge in [-0.2, -0.15) is 0 Å². The van der Waals surface area contributed by atoms with Crippen molar-refractivity contribution in [2.24, 2.45) is 5.92 Å². The molecular weight excluding hydrogens is 402 g/mol. The van der Waals surface area contributed by atoms with Crippen LogP contribution in [0.3, 0.4) is 0 Å². The standard InChI is InChI=1S/C27H35NO4/c1-20(8-9-21-6-4-3-5-7-21)25(29)16-14-24-15-17-26(30)28(24)19-18-22-10-12-23(13-11-22)27(31)32-2/h3-7,10-13,20,24-25,29H,8-9,14-19H2,1-2H3/t20-,24-,25+/m0/s1. The van der Waals surface area contributed by atoms with Crippen molar-refractivity contribution < 1.29 is 19.4 Å². The molecule has 32 heavy (non-hydrogen) atoms. The number of benzene rings is 2. The second-order valence-corrected chi connectivity index (χ2v) is 8.86. The molecule has 1 heterocycles. The van der Waals surface area contributed by atoms with Gasteiger partial charge in [-0.1, -0.05) is 49.4 Å². The number of ether oxygens (including phenoxy) is 1.